The number of likely N-dealkylation sites (N-methyl/N-ethyl adjacent to an activating group) is 1. The molecule has 1 amide bonds. The van der Waals surface area contributed by atoms with Crippen LogP contribution in [0.4, 0.5) is 0 Å². The van der Waals surface area contributed by atoms with Gasteiger partial charge in [0.05, 0.1) is 26.6 Å². The second kappa shape index (κ2) is 8.97. The highest BCUT2D eigenvalue weighted by Gasteiger charge is 2.03. The van der Waals surface area contributed by atoms with Crippen molar-refractivity contribution in [3.63, 3.8) is 0 Å². The molecule has 1 rings (SSSR count). The van der Waals surface area contributed by atoms with Crippen molar-refractivity contribution in [2.75, 3.05) is 33.8 Å². The van der Waals surface area contributed by atoms with Gasteiger partial charge in [0.1, 0.15) is 18.9 Å². The van der Waals surface area contributed by atoms with Gasteiger partial charge in [-0.05, 0) is 24.1 Å². The van der Waals surface area contributed by atoms with Crippen molar-refractivity contribution in [3.8, 4) is 5.75 Å². The SMILES string of the molecule is C[NH+](C)CCOc1cccc(CCC(=O)NCC(=O)[O-])c1. The number of quaternary nitrogens is 1. The lowest BCUT2D eigenvalue weighted by atomic mass is 10.1. The largest absolute Gasteiger partial charge is 0.548 e. The standard InChI is InChI=1S/C15H22N2O4/c1-17(2)8-9-21-13-5-3-4-12(10-13)6-7-14(18)16-11-15(19)20/h3-5,10H,6-9,11H2,1-2H3,(H,16,18)(H,19,20). The Hall–Kier alpha value is -2.08. The average molecular weight is 294 g/mol. The van der Waals surface area contributed by atoms with Gasteiger partial charge >= 0.3 is 0 Å². The fraction of sp³-hybridized carbons (Fsp3) is 0.467. The highest BCUT2D eigenvalue weighted by atomic mass is 16.5. The van der Waals surface area contributed by atoms with Gasteiger partial charge in [-0.1, -0.05) is 12.1 Å². The van der Waals surface area contributed by atoms with Crippen molar-refractivity contribution in [2.24, 2.45) is 0 Å². The molecule has 116 valence electrons. The molecular formula is C15H22N2O4. The Morgan fingerprint density at radius 3 is 2.76 bits per heavy atom. The lowest BCUT2D eigenvalue weighted by molar-refractivity contribution is -0.858. The molecule has 2 N–H and O–H groups in total. The molecule has 0 unspecified atom stereocenters. The highest BCUT2D eigenvalue weighted by molar-refractivity contribution is 5.80. The smallest absolute Gasteiger partial charge is 0.220 e. The van der Waals surface area contributed by atoms with E-state index in [0.29, 0.717) is 13.0 Å². The molecule has 1 aromatic carbocycles. The van der Waals surface area contributed by atoms with Crippen molar-refractivity contribution in [3.05, 3.63) is 29.8 Å². The number of carbonyl (C=O) groups is 2. The van der Waals surface area contributed by atoms with Crippen LogP contribution in [0.1, 0.15) is 12.0 Å². The second-order valence-electron chi connectivity index (χ2n) is 5.10. The number of hydrogen-bond acceptors (Lipinski definition) is 4. The Labute approximate surface area is 124 Å². The van der Waals surface area contributed by atoms with E-state index in [9.17, 15) is 14.7 Å². The molecule has 0 aliphatic rings. The third kappa shape index (κ3) is 7.94. The monoisotopic (exact) mass is 294 g/mol. The lowest BCUT2D eigenvalue weighted by Crippen LogP contribution is -3.06. The summed E-state index contributed by atoms with van der Waals surface area (Å²) < 4.78 is 5.64. The van der Waals surface area contributed by atoms with E-state index in [1.54, 1.807) is 0 Å². The first kappa shape index (κ1) is 17.0. The molecule has 1 aromatic rings. The fourth-order valence-corrected chi connectivity index (χ4v) is 1.68. The third-order valence-electron chi connectivity index (χ3n) is 2.84. The zero-order valence-electron chi connectivity index (χ0n) is 12.5. The zero-order chi connectivity index (χ0) is 15.7. The van der Waals surface area contributed by atoms with Gasteiger partial charge in [-0.25, -0.2) is 0 Å². The van der Waals surface area contributed by atoms with E-state index >= 15 is 0 Å². The maximum absolute atomic E-state index is 11.4. The number of aliphatic carboxylic acids is 1. The van der Waals surface area contributed by atoms with Gasteiger partial charge in [0, 0.05) is 6.42 Å². The summed E-state index contributed by atoms with van der Waals surface area (Å²) in [6, 6.07) is 7.57. The molecule has 6 heteroatoms. The van der Waals surface area contributed by atoms with E-state index in [4.69, 9.17) is 4.74 Å². The molecule has 0 bridgehead atoms. The predicted octanol–water partition coefficient (Wildman–Crippen LogP) is -1.99. The Bertz CT molecular complexity index is 474. The number of nitrogens with one attached hydrogen (secondary N) is 2. The van der Waals surface area contributed by atoms with E-state index < -0.39 is 12.5 Å². The molecule has 0 radical (unpaired) electrons. The number of carbonyl (C=O) groups excluding carboxylic acids is 2. The Morgan fingerprint density at radius 1 is 1.33 bits per heavy atom. The van der Waals surface area contributed by atoms with E-state index in [0.717, 1.165) is 17.9 Å². The van der Waals surface area contributed by atoms with Gasteiger partial charge in [-0.2, -0.15) is 0 Å². The first-order valence-electron chi connectivity index (χ1n) is 6.94. The first-order valence-corrected chi connectivity index (χ1v) is 6.94. The van der Waals surface area contributed by atoms with Crippen LogP contribution in [0.2, 0.25) is 0 Å². The Morgan fingerprint density at radius 2 is 2.10 bits per heavy atom. The predicted molar refractivity (Wildman–Crippen MR) is 76.0 cm³/mol. The molecule has 21 heavy (non-hydrogen) atoms. The summed E-state index contributed by atoms with van der Waals surface area (Å²) in [5, 5.41) is 12.5. The number of aryl methyl sites for hydroxylation is 1. The van der Waals surface area contributed by atoms with Crippen LogP contribution < -0.4 is 20.1 Å². The van der Waals surface area contributed by atoms with Crippen LogP contribution in [0.5, 0.6) is 5.75 Å². The third-order valence-corrected chi connectivity index (χ3v) is 2.84. The molecule has 0 heterocycles. The van der Waals surface area contributed by atoms with E-state index in [-0.39, 0.29) is 12.3 Å². The summed E-state index contributed by atoms with van der Waals surface area (Å²) in [5.41, 5.74) is 0.980. The molecule has 0 saturated heterocycles. The number of ether oxygens (including phenoxy) is 1. The van der Waals surface area contributed by atoms with Crippen molar-refractivity contribution < 1.29 is 24.3 Å². The molecule has 0 fully saturated rings. The molecule has 0 aliphatic carbocycles. The summed E-state index contributed by atoms with van der Waals surface area (Å²) >= 11 is 0. The summed E-state index contributed by atoms with van der Waals surface area (Å²) in [4.78, 5) is 23.0. The molecule has 6 nitrogen and oxygen atoms in total. The molecule has 0 saturated carbocycles. The van der Waals surface area contributed by atoms with Crippen molar-refractivity contribution in [1.29, 1.82) is 0 Å². The lowest BCUT2D eigenvalue weighted by Gasteiger charge is -2.10. The van der Waals surface area contributed by atoms with Gasteiger partial charge in [-0.3, -0.25) is 4.79 Å². The maximum Gasteiger partial charge on any atom is 0.220 e. The van der Waals surface area contributed by atoms with Crippen LogP contribution >= 0.6 is 0 Å². The minimum atomic E-state index is -1.29. The molecule has 0 atom stereocenters. The van der Waals surface area contributed by atoms with Crippen LogP contribution in [-0.2, 0) is 16.0 Å². The van der Waals surface area contributed by atoms with Gasteiger partial charge in [0.15, 0.2) is 0 Å². The first-order chi connectivity index (χ1) is 9.97. The summed E-state index contributed by atoms with van der Waals surface area (Å²) in [6.07, 6.45) is 0.771. The average Bonchev–Trinajstić information content (AvgIpc) is 2.43. The Kier molecular flexibility index (Phi) is 7.25. The number of hydrogen-bond donors (Lipinski definition) is 2. The van der Waals surface area contributed by atoms with Gasteiger partial charge < -0.3 is 24.9 Å². The summed E-state index contributed by atoms with van der Waals surface area (Å²) in [6.45, 7) is 1.10. The quantitative estimate of drug-likeness (QED) is 0.552. The van der Waals surface area contributed by atoms with Gasteiger partial charge in [0.2, 0.25) is 5.91 Å². The molecule has 0 aliphatic heterocycles. The van der Waals surface area contributed by atoms with Crippen molar-refractivity contribution >= 4 is 11.9 Å². The number of carboxylic acids is 1. The molecule has 0 aromatic heterocycles. The fourth-order valence-electron chi connectivity index (χ4n) is 1.68. The minimum Gasteiger partial charge on any atom is -0.548 e. The van der Waals surface area contributed by atoms with Crippen LogP contribution in [0.15, 0.2) is 24.3 Å². The van der Waals surface area contributed by atoms with E-state index in [2.05, 4.69) is 19.4 Å². The number of rotatable bonds is 9. The number of amides is 1. The summed E-state index contributed by atoms with van der Waals surface area (Å²) in [7, 11) is 4.12. The molecular weight excluding hydrogens is 272 g/mol. The van der Waals surface area contributed by atoms with Gasteiger partial charge in [-0.15, -0.1) is 0 Å². The normalized spacial score (nSPS) is 10.4. The topological polar surface area (TPSA) is 82.9 Å². The summed E-state index contributed by atoms with van der Waals surface area (Å²) in [5.74, 6) is -0.813. The maximum atomic E-state index is 11.4. The van der Waals surface area contributed by atoms with Crippen molar-refractivity contribution in [2.45, 2.75) is 12.8 Å². The Balaban J connectivity index is 2.38. The number of benzene rings is 1. The van der Waals surface area contributed by atoms with Crippen molar-refractivity contribution in [1.82, 2.24) is 5.32 Å². The zero-order valence-corrected chi connectivity index (χ0v) is 12.5. The second-order valence-corrected chi connectivity index (χ2v) is 5.10. The van der Waals surface area contributed by atoms with Crippen LogP contribution in [0.3, 0.4) is 0 Å². The minimum absolute atomic E-state index is 0.235. The van der Waals surface area contributed by atoms with Crippen LogP contribution in [0.25, 0.3) is 0 Å². The highest BCUT2D eigenvalue weighted by Crippen LogP contribution is 2.14. The van der Waals surface area contributed by atoms with E-state index in [1.807, 2.05) is 24.3 Å². The van der Waals surface area contributed by atoms with Crippen LogP contribution in [0, 0.1) is 0 Å². The van der Waals surface area contributed by atoms with Gasteiger partial charge in [0.25, 0.3) is 0 Å². The van der Waals surface area contributed by atoms with Crippen LogP contribution in [-0.4, -0.2) is 45.7 Å². The van der Waals surface area contributed by atoms with E-state index in [1.165, 1.54) is 4.90 Å². The number of carboxylic acid groups (broad SMARTS) is 1. The molecule has 0 spiro atoms.